The first-order chi connectivity index (χ1) is 9.34. The molecule has 19 heavy (non-hydrogen) atoms. The molecule has 2 aromatic heterocycles. The predicted octanol–water partition coefficient (Wildman–Crippen LogP) is 1.23. The summed E-state index contributed by atoms with van der Waals surface area (Å²) in [6.45, 7) is 3.13. The Kier molecular flexibility index (Phi) is 3.91. The lowest BCUT2D eigenvalue weighted by atomic mass is 10.1. The van der Waals surface area contributed by atoms with Crippen LogP contribution in [0.1, 0.15) is 12.8 Å². The van der Waals surface area contributed by atoms with Gasteiger partial charge in [0.25, 0.3) is 5.56 Å². The summed E-state index contributed by atoms with van der Waals surface area (Å²) in [4.78, 5) is 16.5. The van der Waals surface area contributed by atoms with Gasteiger partial charge in [-0.05, 0) is 24.3 Å². The molecule has 5 nitrogen and oxygen atoms in total. The van der Waals surface area contributed by atoms with Crippen LogP contribution in [0.25, 0.3) is 10.2 Å². The van der Waals surface area contributed by atoms with Crippen molar-refractivity contribution in [2.24, 2.45) is 0 Å². The Bertz CT molecular complexity index is 601. The molecule has 1 saturated heterocycles. The van der Waals surface area contributed by atoms with Gasteiger partial charge in [0, 0.05) is 32.3 Å². The van der Waals surface area contributed by atoms with E-state index < -0.39 is 0 Å². The summed E-state index contributed by atoms with van der Waals surface area (Å²) >= 11 is 1.46. The molecule has 1 fully saturated rings. The van der Waals surface area contributed by atoms with Crippen LogP contribution >= 0.6 is 11.3 Å². The molecule has 0 radical (unpaired) electrons. The first-order valence-electron chi connectivity index (χ1n) is 6.58. The second-order valence-corrected chi connectivity index (χ2v) is 5.63. The maximum absolute atomic E-state index is 12.2. The van der Waals surface area contributed by atoms with E-state index in [2.05, 4.69) is 10.3 Å². The maximum Gasteiger partial charge on any atom is 0.271 e. The quantitative estimate of drug-likeness (QED) is 0.914. The highest BCUT2D eigenvalue weighted by atomic mass is 32.1. The molecule has 102 valence electrons. The average Bonchev–Trinajstić information content (AvgIpc) is 2.92. The lowest BCUT2D eigenvalue weighted by Crippen LogP contribution is -2.37. The van der Waals surface area contributed by atoms with Crippen molar-refractivity contribution in [3.63, 3.8) is 0 Å². The van der Waals surface area contributed by atoms with Gasteiger partial charge in [0.2, 0.25) is 0 Å². The van der Waals surface area contributed by atoms with E-state index in [4.69, 9.17) is 4.74 Å². The maximum atomic E-state index is 12.2. The number of hydrogen-bond donors (Lipinski definition) is 1. The highest BCUT2D eigenvalue weighted by Crippen LogP contribution is 2.13. The number of nitrogens with one attached hydrogen (secondary N) is 1. The molecule has 6 heteroatoms. The largest absolute Gasteiger partial charge is 0.381 e. The van der Waals surface area contributed by atoms with Crippen molar-refractivity contribution in [2.75, 3.05) is 19.8 Å². The van der Waals surface area contributed by atoms with Crippen molar-refractivity contribution >= 4 is 21.6 Å². The molecule has 0 bridgehead atoms. The van der Waals surface area contributed by atoms with Crippen molar-refractivity contribution in [3.8, 4) is 0 Å². The molecule has 3 rings (SSSR count). The summed E-state index contributed by atoms with van der Waals surface area (Å²) in [5.41, 5.74) is 0.859. The number of aromatic nitrogens is 2. The smallest absolute Gasteiger partial charge is 0.271 e. The topological polar surface area (TPSA) is 56.2 Å². The SMILES string of the molecule is O=c1c2sccc2ncn1CCNC1CCOCC1. The minimum Gasteiger partial charge on any atom is -0.381 e. The van der Waals surface area contributed by atoms with E-state index >= 15 is 0 Å². The highest BCUT2D eigenvalue weighted by Gasteiger charge is 2.12. The van der Waals surface area contributed by atoms with E-state index in [0.717, 1.165) is 42.8 Å². The molecule has 1 aliphatic rings. The van der Waals surface area contributed by atoms with Gasteiger partial charge < -0.3 is 10.1 Å². The monoisotopic (exact) mass is 279 g/mol. The number of nitrogens with zero attached hydrogens (tertiary/aromatic N) is 2. The fraction of sp³-hybridized carbons (Fsp3) is 0.538. The molecule has 0 spiro atoms. The van der Waals surface area contributed by atoms with E-state index in [1.54, 1.807) is 10.9 Å². The van der Waals surface area contributed by atoms with Gasteiger partial charge in [-0.25, -0.2) is 4.98 Å². The standard InChI is InChI=1S/C13H17N3O2S/c17-13-12-11(3-8-19-12)15-9-16(13)5-4-14-10-1-6-18-7-2-10/h3,8-10,14H,1-2,4-7H2. The van der Waals surface area contributed by atoms with Gasteiger partial charge in [-0.15, -0.1) is 11.3 Å². The van der Waals surface area contributed by atoms with Gasteiger partial charge in [0.05, 0.1) is 11.8 Å². The van der Waals surface area contributed by atoms with Crippen molar-refractivity contribution in [1.82, 2.24) is 14.9 Å². The van der Waals surface area contributed by atoms with Crippen molar-refractivity contribution in [3.05, 3.63) is 28.1 Å². The van der Waals surface area contributed by atoms with Gasteiger partial charge in [-0.2, -0.15) is 0 Å². The summed E-state index contributed by atoms with van der Waals surface area (Å²) in [5.74, 6) is 0. The third-order valence-corrected chi connectivity index (χ3v) is 4.33. The summed E-state index contributed by atoms with van der Waals surface area (Å²) < 4.78 is 7.75. The molecular weight excluding hydrogens is 262 g/mol. The van der Waals surface area contributed by atoms with Crippen LogP contribution in [0.15, 0.2) is 22.6 Å². The van der Waals surface area contributed by atoms with E-state index in [0.29, 0.717) is 12.6 Å². The van der Waals surface area contributed by atoms with Crippen LogP contribution in [0.5, 0.6) is 0 Å². The second kappa shape index (κ2) is 5.81. The Morgan fingerprint density at radius 3 is 3.16 bits per heavy atom. The molecule has 0 atom stereocenters. The zero-order valence-corrected chi connectivity index (χ0v) is 11.5. The Morgan fingerprint density at radius 1 is 1.47 bits per heavy atom. The Hall–Kier alpha value is -1.24. The molecule has 0 saturated carbocycles. The Morgan fingerprint density at radius 2 is 2.32 bits per heavy atom. The van der Waals surface area contributed by atoms with E-state index in [-0.39, 0.29) is 5.56 Å². The summed E-state index contributed by atoms with van der Waals surface area (Å²) in [6.07, 6.45) is 3.75. The van der Waals surface area contributed by atoms with Crippen LogP contribution in [-0.4, -0.2) is 35.4 Å². The van der Waals surface area contributed by atoms with Gasteiger partial charge in [-0.3, -0.25) is 9.36 Å². The molecule has 0 unspecified atom stereocenters. The Balaban J connectivity index is 1.61. The first kappa shape index (κ1) is 12.8. The lowest BCUT2D eigenvalue weighted by molar-refractivity contribution is 0.0778. The molecule has 1 N–H and O–H groups in total. The molecule has 1 aliphatic heterocycles. The van der Waals surface area contributed by atoms with Gasteiger partial charge in [-0.1, -0.05) is 0 Å². The number of fused-ring (bicyclic) bond motifs is 1. The molecular formula is C13H17N3O2S. The fourth-order valence-corrected chi connectivity index (χ4v) is 3.12. The second-order valence-electron chi connectivity index (χ2n) is 4.72. The van der Waals surface area contributed by atoms with E-state index in [1.807, 2.05) is 11.4 Å². The predicted molar refractivity (Wildman–Crippen MR) is 75.7 cm³/mol. The fourth-order valence-electron chi connectivity index (χ4n) is 2.33. The lowest BCUT2D eigenvalue weighted by Gasteiger charge is -2.23. The molecule has 2 aromatic rings. The minimum atomic E-state index is 0.0637. The van der Waals surface area contributed by atoms with Crippen molar-refractivity contribution < 1.29 is 4.74 Å². The molecule has 3 heterocycles. The highest BCUT2D eigenvalue weighted by molar-refractivity contribution is 7.17. The zero-order valence-electron chi connectivity index (χ0n) is 10.7. The molecule has 0 aromatic carbocycles. The third kappa shape index (κ3) is 2.86. The van der Waals surface area contributed by atoms with E-state index in [9.17, 15) is 4.79 Å². The summed E-state index contributed by atoms with van der Waals surface area (Å²) in [6, 6.07) is 2.40. The third-order valence-electron chi connectivity index (χ3n) is 3.44. The number of rotatable bonds is 4. The van der Waals surface area contributed by atoms with Gasteiger partial charge >= 0.3 is 0 Å². The zero-order chi connectivity index (χ0) is 13.1. The van der Waals surface area contributed by atoms with Crippen LogP contribution < -0.4 is 10.9 Å². The number of ether oxygens (including phenoxy) is 1. The summed E-state index contributed by atoms with van der Waals surface area (Å²) in [5, 5.41) is 5.38. The number of thiophene rings is 1. The van der Waals surface area contributed by atoms with Crippen LogP contribution in [0.3, 0.4) is 0 Å². The van der Waals surface area contributed by atoms with Crippen molar-refractivity contribution in [1.29, 1.82) is 0 Å². The molecule has 0 aliphatic carbocycles. The van der Waals surface area contributed by atoms with Crippen LogP contribution in [0.2, 0.25) is 0 Å². The van der Waals surface area contributed by atoms with E-state index in [1.165, 1.54) is 11.3 Å². The Labute approximate surface area is 115 Å². The van der Waals surface area contributed by atoms with Crippen LogP contribution in [0, 0.1) is 0 Å². The van der Waals surface area contributed by atoms with Crippen molar-refractivity contribution in [2.45, 2.75) is 25.4 Å². The van der Waals surface area contributed by atoms with Crippen LogP contribution in [-0.2, 0) is 11.3 Å². The minimum absolute atomic E-state index is 0.0637. The van der Waals surface area contributed by atoms with Gasteiger partial charge in [0.1, 0.15) is 4.70 Å². The molecule has 0 amide bonds. The van der Waals surface area contributed by atoms with Crippen LogP contribution in [0.4, 0.5) is 0 Å². The average molecular weight is 279 g/mol. The number of hydrogen-bond acceptors (Lipinski definition) is 5. The summed E-state index contributed by atoms with van der Waals surface area (Å²) in [7, 11) is 0. The first-order valence-corrected chi connectivity index (χ1v) is 7.46. The normalized spacial score (nSPS) is 17.1. The van der Waals surface area contributed by atoms with Gasteiger partial charge in [0.15, 0.2) is 0 Å².